The first kappa shape index (κ1) is 58.6. The van der Waals surface area contributed by atoms with Gasteiger partial charge in [0.25, 0.3) is 17.0 Å². The summed E-state index contributed by atoms with van der Waals surface area (Å²) in [6.07, 6.45) is 2.23. The van der Waals surface area contributed by atoms with E-state index in [-0.39, 0.29) is 41.2 Å². The molecule has 22 heteroatoms. The summed E-state index contributed by atoms with van der Waals surface area (Å²) in [5.74, 6) is -0.0427. The number of rotatable bonds is 10. The summed E-state index contributed by atoms with van der Waals surface area (Å²) < 4.78 is 17.8. The Kier molecular flexibility index (Phi) is 16.7. The van der Waals surface area contributed by atoms with Crippen LogP contribution in [-0.4, -0.2) is 126 Å². The van der Waals surface area contributed by atoms with Gasteiger partial charge in [0.15, 0.2) is 0 Å². The molecule has 10 rings (SSSR count). The molecule has 3 amide bonds. The number of aromatic nitrogens is 6. The first-order chi connectivity index (χ1) is 38.8. The van der Waals surface area contributed by atoms with E-state index in [0.717, 1.165) is 36.8 Å². The van der Waals surface area contributed by atoms with Crippen LogP contribution in [0.5, 0.6) is 0 Å². The zero-order valence-corrected chi connectivity index (χ0v) is 49.3. The van der Waals surface area contributed by atoms with Crippen LogP contribution in [0, 0.1) is 0 Å². The molecule has 0 unspecified atom stereocenters. The number of imidazole rings is 2. The number of ether oxygens (including phenoxy) is 2. The molecule has 2 aliphatic rings. The number of hydrogen-bond acceptors (Lipinski definition) is 12. The molecule has 2 fully saturated rings. The summed E-state index contributed by atoms with van der Waals surface area (Å²) in [5, 5.41) is 18.0. The largest absolute Gasteiger partial charge is 0.478 e. The molecule has 4 aromatic carbocycles. The first-order valence-corrected chi connectivity index (χ1v) is 28.0. The standard InChI is InChI=1S/C31H37ClN6O4.C29H32ClN5O5/c1-31(2,3)42-30(41)33-21-11-9-15-37(18-21)29-34-25-22-16-19(27(39)35(4)5)13-14-24(22)36(6)28(40)26(25)38(29)17-20-10-7-8-12-23(20)32;1-29(2,3)40-28(39)31-19-9-7-13-34(16-19)27-32-23-20-14-17(26(37)38)11-12-22(20)33(4)25(36)24(23)35(27)15-18-8-5-6-10-21(18)30/h7-8,10,12-14,16,21H,9,11,15,17-18H2,1-6H3,(H,33,41);5-6,8,10-12,14,19H,7,9,13,15-16H2,1-4H3,(H,31,39)(H,37,38)/t21-;19-/m11/s1. The molecule has 20 nitrogen and oxygen atoms in total. The molecule has 0 radical (unpaired) electrons. The van der Waals surface area contributed by atoms with Crippen LogP contribution in [0.25, 0.3) is 43.9 Å². The summed E-state index contributed by atoms with van der Waals surface area (Å²) in [4.78, 5) is 93.0. The number of nitrogens with one attached hydrogen (secondary N) is 2. The predicted octanol–water partition coefficient (Wildman–Crippen LogP) is 9.57. The first-order valence-electron chi connectivity index (χ1n) is 27.2. The number of piperidine rings is 2. The Balaban J connectivity index is 0.000000198. The molecule has 82 heavy (non-hydrogen) atoms. The molecule has 8 aromatic rings. The van der Waals surface area contributed by atoms with Crippen molar-refractivity contribution in [2.75, 3.05) is 50.1 Å². The molecule has 3 N–H and O–H groups in total. The summed E-state index contributed by atoms with van der Waals surface area (Å²) >= 11 is 13.1. The monoisotopic (exact) mass is 1160 g/mol. The van der Waals surface area contributed by atoms with Gasteiger partial charge >= 0.3 is 18.2 Å². The second kappa shape index (κ2) is 23.4. The van der Waals surface area contributed by atoms with Gasteiger partial charge in [-0.3, -0.25) is 14.4 Å². The Bertz CT molecular complexity index is 3930. The van der Waals surface area contributed by atoms with Crippen LogP contribution in [0.3, 0.4) is 0 Å². The zero-order chi connectivity index (χ0) is 59.1. The maximum absolute atomic E-state index is 13.9. The van der Waals surface area contributed by atoms with Gasteiger partial charge in [0.1, 0.15) is 33.3 Å². The van der Waals surface area contributed by atoms with Gasteiger partial charge in [0.2, 0.25) is 11.9 Å². The lowest BCUT2D eigenvalue weighted by atomic mass is 10.1. The minimum Gasteiger partial charge on any atom is -0.478 e. The molecule has 432 valence electrons. The normalized spacial score (nSPS) is 15.8. The Hall–Kier alpha value is -8.10. The lowest BCUT2D eigenvalue weighted by molar-refractivity contribution is 0.0488. The lowest BCUT2D eigenvalue weighted by Gasteiger charge is -2.34. The molecule has 2 atom stereocenters. The highest BCUT2D eigenvalue weighted by Crippen LogP contribution is 2.34. The van der Waals surface area contributed by atoms with E-state index in [0.29, 0.717) is 104 Å². The fourth-order valence-electron chi connectivity index (χ4n) is 10.7. The highest BCUT2D eigenvalue weighted by atomic mass is 35.5. The van der Waals surface area contributed by atoms with E-state index < -0.39 is 29.4 Å². The number of benzene rings is 4. The van der Waals surface area contributed by atoms with Gasteiger partial charge in [-0.05, 0) is 127 Å². The van der Waals surface area contributed by atoms with E-state index in [1.54, 1.807) is 69.2 Å². The number of nitrogens with zero attached hydrogens (tertiary/aromatic N) is 9. The Morgan fingerprint density at radius 3 is 1.43 bits per heavy atom. The van der Waals surface area contributed by atoms with Crippen molar-refractivity contribution < 1.29 is 33.8 Å². The number of anilines is 2. The Morgan fingerprint density at radius 2 is 1.04 bits per heavy atom. The molecule has 0 saturated carbocycles. The van der Waals surface area contributed by atoms with Crippen LogP contribution in [0.15, 0.2) is 94.5 Å². The van der Waals surface area contributed by atoms with Crippen LogP contribution in [0.1, 0.15) is 99.1 Å². The third-order valence-electron chi connectivity index (χ3n) is 14.5. The fourth-order valence-corrected chi connectivity index (χ4v) is 11.1. The average molecular weight is 1160 g/mol. The molecule has 0 spiro atoms. The average Bonchev–Trinajstić information content (AvgIpc) is 2.09. The molecule has 0 bridgehead atoms. The molecule has 2 saturated heterocycles. The number of halogens is 2. The van der Waals surface area contributed by atoms with Crippen molar-refractivity contribution in [2.24, 2.45) is 14.1 Å². The summed E-state index contributed by atoms with van der Waals surface area (Å²) in [5.41, 5.74) is 3.59. The summed E-state index contributed by atoms with van der Waals surface area (Å²) in [6, 6.07) is 24.6. The van der Waals surface area contributed by atoms with Gasteiger partial charge in [-0.1, -0.05) is 59.6 Å². The Labute approximate surface area is 484 Å². The molecule has 6 heterocycles. The van der Waals surface area contributed by atoms with E-state index >= 15 is 0 Å². The van der Waals surface area contributed by atoms with Crippen molar-refractivity contribution >= 4 is 103 Å². The topological polar surface area (TPSA) is 220 Å². The van der Waals surface area contributed by atoms with Crippen molar-refractivity contribution in [1.29, 1.82) is 0 Å². The number of carbonyl (C=O) groups is 4. The highest BCUT2D eigenvalue weighted by Gasteiger charge is 2.32. The third kappa shape index (κ3) is 12.5. The molecular weight excluding hydrogens is 1090 g/mol. The summed E-state index contributed by atoms with van der Waals surface area (Å²) in [7, 11) is 6.80. The van der Waals surface area contributed by atoms with Gasteiger partial charge < -0.3 is 58.2 Å². The predicted molar refractivity (Wildman–Crippen MR) is 320 cm³/mol. The fraction of sp³-hybridized carbons (Fsp3) is 0.400. The van der Waals surface area contributed by atoms with E-state index in [1.165, 1.54) is 15.5 Å². The molecule has 0 aliphatic carbocycles. The summed E-state index contributed by atoms with van der Waals surface area (Å²) in [6.45, 7) is 13.9. The van der Waals surface area contributed by atoms with Crippen molar-refractivity contribution in [1.82, 2.24) is 43.8 Å². The van der Waals surface area contributed by atoms with Crippen LogP contribution >= 0.6 is 23.2 Å². The van der Waals surface area contributed by atoms with E-state index in [1.807, 2.05) is 93.1 Å². The van der Waals surface area contributed by atoms with Crippen molar-refractivity contribution in [3.63, 3.8) is 0 Å². The molecular formula is C60H69Cl2N11O9. The van der Waals surface area contributed by atoms with Crippen molar-refractivity contribution in [3.8, 4) is 0 Å². The lowest BCUT2D eigenvalue weighted by Crippen LogP contribution is -2.49. The van der Waals surface area contributed by atoms with Gasteiger partial charge in [-0.15, -0.1) is 0 Å². The van der Waals surface area contributed by atoms with Crippen molar-refractivity contribution in [2.45, 2.75) is 104 Å². The zero-order valence-electron chi connectivity index (χ0n) is 47.8. The number of carbonyl (C=O) groups excluding carboxylic acids is 3. The number of amides is 3. The van der Waals surface area contributed by atoms with Crippen LogP contribution in [-0.2, 0) is 36.7 Å². The number of aryl methyl sites for hydroxylation is 2. The number of pyridine rings is 2. The maximum atomic E-state index is 13.9. The third-order valence-corrected chi connectivity index (χ3v) is 15.2. The second-order valence-electron chi connectivity index (χ2n) is 23.1. The number of carboxylic acids is 1. The quantitative estimate of drug-likeness (QED) is 0.116. The van der Waals surface area contributed by atoms with Crippen molar-refractivity contribution in [3.05, 3.63) is 138 Å². The molecule has 4 aromatic heterocycles. The number of carboxylic acid groups (broad SMARTS) is 1. The van der Waals surface area contributed by atoms with Crippen LogP contribution in [0.2, 0.25) is 10.0 Å². The maximum Gasteiger partial charge on any atom is 0.407 e. The van der Waals surface area contributed by atoms with Gasteiger partial charge in [0, 0.05) is 92.8 Å². The smallest absolute Gasteiger partial charge is 0.407 e. The minimum absolute atomic E-state index is 0.106. The SMILES string of the molecule is CN(C)C(=O)c1ccc2c(c1)c1nc(N3CCC[C@@H](NC(=O)OC(C)(C)C)C3)n(Cc3ccccc3Cl)c1c(=O)n2C.Cn1c(=O)c2c(nc(N3CCC[C@@H](NC(=O)OC(C)(C)C)C3)n2Cc2ccccc2Cl)c2cc(C(=O)O)ccc21. The van der Waals surface area contributed by atoms with E-state index in [9.17, 15) is 33.9 Å². The minimum atomic E-state index is -1.06. The van der Waals surface area contributed by atoms with Gasteiger partial charge in [0.05, 0.1) is 29.7 Å². The second-order valence-corrected chi connectivity index (χ2v) is 23.9. The van der Waals surface area contributed by atoms with E-state index in [4.69, 9.17) is 42.6 Å². The van der Waals surface area contributed by atoms with Gasteiger partial charge in [-0.2, -0.15) is 0 Å². The van der Waals surface area contributed by atoms with Crippen LogP contribution in [0.4, 0.5) is 21.5 Å². The van der Waals surface area contributed by atoms with Gasteiger partial charge in [-0.25, -0.2) is 24.4 Å². The van der Waals surface area contributed by atoms with Crippen LogP contribution < -0.4 is 31.6 Å². The number of fused-ring (bicyclic) bond motifs is 6. The van der Waals surface area contributed by atoms with E-state index in [2.05, 4.69) is 20.4 Å². The number of alkyl carbamates (subject to hydrolysis) is 2. The number of aromatic carboxylic acids is 1. The molecule has 2 aliphatic heterocycles. The number of hydrogen-bond donors (Lipinski definition) is 3. The Morgan fingerprint density at radius 1 is 0.634 bits per heavy atom. The highest BCUT2D eigenvalue weighted by molar-refractivity contribution is 6.31.